The summed E-state index contributed by atoms with van der Waals surface area (Å²) < 4.78 is 5.45. The van der Waals surface area contributed by atoms with Crippen LogP contribution in [0.2, 0.25) is 0 Å². The van der Waals surface area contributed by atoms with Gasteiger partial charge in [0.25, 0.3) is 0 Å². The number of furan rings is 1. The molecule has 0 saturated carbocycles. The molecule has 1 N–H and O–H groups in total. The smallest absolute Gasteiger partial charge is 0.120 e. The third-order valence-electron chi connectivity index (χ3n) is 3.98. The first-order valence-corrected chi connectivity index (χ1v) is 7.27. The zero-order chi connectivity index (χ0) is 13.8. The fourth-order valence-corrected chi connectivity index (χ4v) is 2.83. The lowest BCUT2D eigenvalue weighted by Crippen LogP contribution is -2.43. The molecule has 1 saturated heterocycles. The van der Waals surface area contributed by atoms with E-state index in [4.69, 9.17) is 4.42 Å². The molecule has 0 aliphatic carbocycles. The molecule has 1 aliphatic rings. The van der Waals surface area contributed by atoms with E-state index in [2.05, 4.69) is 34.3 Å². The van der Waals surface area contributed by atoms with Gasteiger partial charge in [-0.15, -0.1) is 0 Å². The molecular formula is C16H21N3O. The molecule has 2 aromatic heterocycles. The van der Waals surface area contributed by atoms with E-state index in [0.717, 1.165) is 31.7 Å². The molecule has 0 amide bonds. The van der Waals surface area contributed by atoms with Gasteiger partial charge in [0, 0.05) is 37.2 Å². The Morgan fingerprint density at radius 2 is 2.00 bits per heavy atom. The van der Waals surface area contributed by atoms with Gasteiger partial charge >= 0.3 is 0 Å². The lowest BCUT2D eigenvalue weighted by Gasteiger charge is -2.35. The molecule has 1 unspecified atom stereocenters. The average molecular weight is 271 g/mol. The van der Waals surface area contributed by atoms with Crippen molar-refractivity contribution >= 4 is 5.69 Å². The van der Waals surface area contributed by atoms with Gasteiger partial charge in [0.15, 0.2) is 0 Å². The quantitative estimate of drug-likeness (QED) is 0.928. The van der Waals surface area contributed by atoms with Gasteiger partial charge in [-0.25, -0.2) is 0 Å². The van der Waals surface area contributed by atoms with Gasteiger partial charge in [-0.1, -0.05) is 0 Å². The fraction of sp³-hybridized carbons (Fsp3) is 0.438. The summed E-state index contributed by atoms with van der Waals surface area (Å²) in [6.07, 6.45) is 7.78. The summed E-state index contributed by atoms with van der Waals surface area (Å²) in [5, 5.41) is 3.66. The van der Waals surface area contributed by atoms with Crippen molar-refractivity contribution in [1.29, 1.82) is 0 Å². The molecule has 0 bridgehead atoms. The standard InChI is InChI=1S/C16H21N3O/c1-13(16-3-2-12-20-16)18-14-6-10-19(11-7-14)15-4-8-17-9-5-15/h2-5,8-9,12-14,18H,6-7,10-11H2,1H3. The van der Waals surface area contributed by atoms with Gasteiger partial charge in [0.2, 0.25) is 0 Å². The largest absolute Gasteiger partial charge is 0.468 e. The van der Waals surface area contributed by atoms with Gasteiger partial charge in [0.05, 0.1) is 12.3 Å². The van der Waals surface area contributed by atoms with Gasteiger partial charge in [0.1, 0.15) is 5.76 Å². The number of pyridine rings is 1. The zero-order valence-corrected chi connectivity index (χ0v) is 11.8. The maximum atomic E-state index is 5.45. The SMILES string of the molecule is CC(NC1CCN(c2ccncc2)CC1)c1ccco1. The van der Waals surface area contributed by atoms with E-state index in [1.54, 1.807) is 6.26 Å². The first-order chi connectivity index (χ1) is 9.83. The van der Waals surface area contributed by atoms with Gasteiger partial charge in [-0.3, -0.25) is 4.98 Å². The summed E-state index contributed by atoms with van der Waals surface area (Å²) in [5.41, 5.74) is 1.28. The van der Waals surface area contributed by atoms with Crippen LogP contribution in [0, 0.1) is 0 Å². The van der Waals surface area contributed by atoms with Crippen molar-refractivity contribution in [3.63, 3.8) is 0 Å². The summed E-state index contributed by atoms with van der Waals surface area (Å²) in [4.78, 5) is 6.50. The Hall–Kier alpha value is -1.81. The Labute approximate surface area is 119 Å². The summed E-state index contributed by atoms with van der Waals surface area (Å²) in [7, 11) is 0. The molecule has 1 aliphatic heterocycles. The Kier molecular flexibility index (Phi) is 4.02. The highest BCUT2D eigenvalue weighted by atomic mass is 16.3. The summed E-state index contributed by atoms with van der Waals surface area (Å²) in [5.74, 6) is 1.02. The van der Waals surface area contributed by atoms with E-state index < -0.39 is 0 Å². The summed E-state index contributed by atoms with van der Waals surface area (Å²) >= 11 is 0. The summed E-state index contributed by atoms with van der Waals surface area (Å²) in [6, 6.07) is 8.98. The number of nitrogens with one attached hydrogen (secondary N) is 1. The molecule has 2 aromatic rings. The third-order valence-corrected chi connectivity index (χ3v) is 3.98. The minimum atomic E-state index is 0.280. The highest BCUT2D eigenvalue weighted by Crippen LogP contribution is 2.21. The van der Waals surface area contributed by atoms with Crippen LogP contribution in [0.15, 0.2) is 47.3 Å². The van der Waals surface area contributed by atoms with Crippen LogP contribution in [0.4, 0.5) is 5.69 Å². The van der Waals surface area contributed by atoms with Crippen LogP contribution in [-0.4, -0.2) is 24.1 Å². The molecular weight excluding hydrogens is 250 g/mol. The van der Waals surface area contributed by atoms with E-state index in [1.165, 1.54) is 5.69 Å². The van der Waals surface area contributed by atoms with E-state index in [-0.39, 0.29) is 6.04 Å². The topological polar surface area (TPSA) is 41.3 Å². The molecule has 20 heavy (non-hydrogen) atoms. The van der Waals surface area contributed by atoms with Crippen molar-refractivity contribution < 1.29 is 4.42 Å². The normalized spacial score (nSPS) is 18.1. The van der Waals surface area contributed by atoms with E-state index in [1.807, 2.05) is 24.5 Å². The Morgan fingerprint density at radius 1 is 1.25 bits per heavy atom. The number of rotatable bonds is 4. The molecule has 0 aromatic carbocycles. The minimum absolute atomic E-state index is 0.280. The van der Waals surface area contributed by atoms with Crippen LogP contribution >= 0.6 is 0 Å². The fourth-order valence-electron chi connectivity index (χ4n) is 2.83. The predicted molar refractivity (Wildman–Crippen MR) is 79.7 cm³/mol. The minimum Gasteiger partial charge on any atom is -0.468 e. The van der Waals surface area contributed by atoms with Crippen LogP contribution in [-0.2, 0) is 0 Å². The third kappa shape index (κ3) is 3.02. The number of nitrogens with zero attached hydrogens (tertiary/aromatic N) is 2. The first kappa shape index (κ1) is 13.2. The van der Waals surface area contributed by atoms with E-state index in [9.17, 15) is 0 Å². The molecule has 4 heteroatoms. The molecule has 3 heterocycles. The maximum Gasteiger partial charge on any atom is 0.120 e. The van der Waals surface area contributed by atoms with Crippen molar-refractivity contribution in [2.45, 2.75) is 31.8 Å². The Bertz CT molecular complexity index is 504. The second-order valence-corrected chi connectivity index (χ2v) is 5.37. The Morgan fingerprint density at radius 3 is 2.65 bits per heavy atom. The Balaban J connectivity index is 1.51. The van der Waals surface area contributed by atoms with Gasteiger partial charge in [-0.05, 0) is 44.0 Å². The number of hydrogen-bond acceptors (Lipinski definition) is 4. The number of aromatic nitrogens is 1. The zero-order valence-electron chi connectivity index (χ0n) is 11.8. The average Bonchev–Trinajstić information content (AvgIpc) is 3.03. The molecule has 0 spiro atoms. The molecule has 106 valence electrons. The van der Waals surface area contributed by atoms with Crippen molar-refractivity contribution in [2.75, 3.05) is 18.0 Å². The highest BCUT2D eigenvalue weighted by molar-refractivity contribution is 5.44. The lowest BCUT2D eigenvalue weighted by molar-refractivity contribution is 0.347. The number of piperidine rings is 1. The van der Waals surface area contributed by atoms with Gasteiger partial charge < -0.3 is 14.6 Å². The van der Waals surface area contributed by atoms with Crippen LogP contribution in [0.3, 0.4) is 0 Å². The number of hydrogen-bond donors (Lipinski definition) is 1. The van der Waals surface area contributed by atoms with Crippen molar-refractivity contribution in [1.82, 2.24) is 10.3 Å². The summed E-state index contributed by atoms with van der Waals surface area (Å²) in [6.45, 7) is 4.34. The van der Waals surface area contributed by atoms with Crippen LogP contribution in [0.25, 0.3) is 0 Å². The van der Waals surface area contributed by atoms with Crippen LogP contribution in [0.1, 0.15) is 31.6 Å². The molecule has 1 fully saturated rings. The molecule has 1 atom stereocenters. The van der Waals surface area contributed by atoms with Crippen molar-refractivity contribution in [2.24, 2.45) is 0 Å². The first-order valence-electron chi connectivity index (χ1n) is 7.27. The van der Waals surface area contributed by atoms with Gasteiger partial charge in [-0.2, -0.15) is 0 Å². The highest BCUT2D eigenvalue weighted by Gasteiger charge is 2.21. The molecule has 0 radical (unpaired) electrons. The maximum absolute atomic E-state index is 5.45. The number of anilines is 1. The lowest BCUT2D eigenvalue weighted by atomic mass is 10.0. The van der Waals surface area contributed by atoms with Crippen LogP contribution < -0.4 is 10.2 Å². The van der Waals surface area contributed by atoms with Crippen molar-refractivity contribution in [3.05, 3.63) is 48.7 Å². The van der Waals surface area contributed by atoms with Crippen LogP contribution in [0.5, 0.6) is 0 Å². The predicted octanol–water partition coefficient (Wildman–Crippen LogP) is 2.99. The monoisotopic (exact) mass is 271 g/mol. The molecule has 4 nitrogen and oxygen atoms in total. The molecule has 3 rings (SSSR count). The van der Waals surface area contributed by atoms with E-state index in [0.29, 0.717) is 6.04 Å². The second kappa shape index (κ2) is 6.09. The van der Waals surface area contributed by atoms with E-state index >= 15 is 0 Å². The van der Waals surface area contributed by atoms with Crippen molar-refractivity contribution in [3.8, 4) is 0 Å². The second-order valence-electron chi connectivity index (χ2n) is 5.37.